The van der Waals surface area contributed by atoms with Gasteiger partial charge in [-0.2, -0.15) is 0 Å². The molecule has 1 saturated heterocycles. The lowest BCUT2D eigenvalue weighted by molar-refractivity contribution is -0.165. The molecule has 1 aliphatic rings. The Morgan fingerprint density at radius 3 is 2.23 bits per heavy atom. The van der Waals surface area contributed by atoms with Gasteiger partial charge in [0, 0.05) is 19.6 Å². The van der Waals surface area contributed by atoms with Crippen LogP contribution in [-0.4, -0.2) is 75.7 Å². The molecule has 0 aliphatic carbocycles. The van der Waals surface area contributed by atoms with Gasteiger partial charge in [-0.15, -0.1) is 0 Å². The summed E-state index contributed by atoms with van der Waals surface area (Å²) in [5.74, 6) is -2.13. The van der Waals surface area contributed by atoms with Crippen LogP contribution in [0.5, 0.6) is 0 Å². The number of rotatable bonds is 9. The van der Waals surface area contributed by atoms with Gasteiger partial charge in [0.1, 0.15) is 0 Å². The summed E-state index contributed by atoms with van der Waals surface area (Å²) in [7, 11) is 0. The van der Waals surface area contributed by atoms with Crippen molar-refractivity contribution in [2.75, 3.05) is 26.2 Å². The molecule has 0 saturated carbocycles. The van der Waals surface area contributed by atoms with Crippen molar-refractivity contribution in [1.82, 2.24) is 10.2 Å². The van der Waals surface area contributed by atoms with Gasteiger partial charge >= 0.3 is 11.9 Å². The van der Waals surface area contributed by atoms with Crippen LogP contribution in [0.1, 0.15) is 25.8 Å². The van der Waals surface area contributed by atoms with Crippen LogP contribution in [0, 0.1) is 11.8 Å². The molecular formula is C20H30Cl2N2O6. The number of benzene rings is 1. The molecule has 2 rings (SSSR count). The van der Waals surface area contributed by atoms with Gasteiger partial charge in [-0.3, -0.25) is 4.90 Å². The van der Waals surface area contributed by atoms with Crippen LogP contribution >= 0.6 is 23.2 Å². The second-order valence-electron chi connectivity index (χ2n) is 7.73. The van der Waals surface area contributed by atoms with Crippen molar-refractivity contribution in [3.05, 3.63) is 33.8 Å². The van der Waals surface area contributed by atoms with Gasteiger partial charge in [-0.05, 0) is 43.0 Å². The van der Waals surface area contributed by atoms with E-state index in [2.05, 4.69) is 30.1 Å². The summed E-state index contributed by atoms with van der Waals surface area (Å²) in [6, 6.07) is 5.91. The molecule has 3 atom stereocenters. The second-order valence-corrected chi connectivity index (χ2v) is 8.51. The molecule has 0 spiro atoms. The highest BCUT2D eigenvalue weighted by atomic mass is 35.5. The summed E-state index contributed by atoms with van der Waals surface area (Å²) in [6.45, 7) is 9.93. The standard InChI is InChI=1S/C16H24Cl2N2.C4H6O6/c1-12(2)9-20(10-13-6-7-19-8-13)11-14-4-3-5-15(17)16(14)18;5-1(3(7)8)2(6)4(9)10/h3-5,12-13,19H,6-11H2,1-2H3;1-2,5-6H,(H,7,8)(H,9,10)/t13-;/m0./s1. The summed E-state index contributed by atoms with van der Waals surface area (Å²) in [5.41, 5.74) is 1.13. The van der Waals surface area contributed by atoms with Crippen LogP contribution in [0.2, 0.25) is 10.0 Å². The van der Waals surface area contributed by atoms with Crippen molar-refractivity contribution >= 4 is 35.1 Å². The minimum atomic E-state index is -2.27. The zero-order valence-electron chi connectivity index (χ0n) is 17.1. The number of aliphatic carboxylic acids is 2. The van der Waals surface area contributed by atoms with Crippen molar-refractivity contribution in [1.29, 1.82) is 0 Å². The number of nitrogens with one attached hydrogen (secondary N) is 1. The van der Waals surface area contributed by atoms with Gasteiger partial charge < -0.3 is 25.7 Å². The number of hydrogen-bond acceptors (Lipinski definition) is 6. The smallest absolute Gasteiger partial charge is 0.335 e. The van der Waals surface area contributed by atoms with Crippen LogP contribution in [0.3, 0.4) is 0 Å². The fourth-order valence-corrected chi connectivity index (χ4v) is 3.52. The monoisotopic (exact) mass is 464 g/mol. The lowest BCUT2D eigenvalue weighted by Gasteiger charge is -2.27. The summed E-state index contributed by atoms with van der Waals surface area (Å²) >= 11 is 12.4. The predicted molar refractivity (Wildman–Crippen MR) is 115 cm³/mol. The molecule has 2 unspecified atom stereocenters. The second kappa shape index (κ2) is 13.1. The van der Waals surface area contributed by atoms with Gasteiger partial charge in [-0.25, -0.2) is 9.59 Å². The number of carboxylic acid groups (broad SMARTS) is 2. The van der Waals surface area contributed by atoms with Gasteiger partial charge in [0.05, 0.1) is 10.0 Å². The Kier molecular flexibility index (Phi) is 11.6. The van der Waals surface area contributed by atoms with E-state index in [4.69, 9.17) is 43.6 Å². The third kappa shape index (κ3) is 9.16. The third-order valence-electron chi connectivity index (χ3n) is 4.53. The first kappa shape index (κ1) is 26.6. The number of carboxylic acids is 2. The summed E-state index contributed by atoms with van der Waals surface area (Å²) < 4.78 is 0. The Balaban J connectivity index is 0.000000382. The van der Waals surface area contributed by atoms with Crippen LogP contribution in [0.25, 0.3) is 0 Å². The first-order valence-electron chi connectivity index (χ1n) is 9.70. The molecule has 170 valence electrons. The Morgan fingerprint density at radius 2 is 1.77 bits per heavy atom. The van der Waals surface area contributed by atoms with E-state index in [0.717, 1.165) is 44.2 Å². The summed E-state index contributed by atoms with van der Waals surface area (Å²) in [4.78, 5) is 22.1. The lowest BCUT2D eigenvalue weighted by Crippen LogP contribution is -2.39. The van der Waals surface area contributed by atoms with Crippen LogP contribution in [0.4, 0.5) is 0 Å². The largest absolute Gasteiger partial charge is 0.479 e. The van der Waals surface area contributed by atoms with Crippen LogP contribution < -0.4 is 5.32 Å². The van der Waals surface area contributed by atoms with E-state index >= 15 is 0 Å². The van der Waals surface area contributed by atoms with E-state index in [9.17, 15) is 9.59 Å². The molecule has 10 heteroatoms. The highest BCUT2D eigenvalue weighted by Crippen LogP contribution is 2.27. The first-order valence-corrected chi connectivity index (χ1v) is 10.5. The number of hydrogen-bond donors (Lipinski definition) is 5. The maximum atomic E-state index is 9.77. The number of carbonyl (C=O) groups is 2. The van der Waals surface area contributed by atoms with E-state index in [1.54, 1.807) is 0 Å². The zero-order valence-corrected chi connectivity index (χ0v) is 18.6. The fourth-order valence-electron chi connectivity index (χ4n) is 3.14. The molecule has 0 amide bonds. The molecule has 30 heavy (non-hydrogen) atoms. The molecule has 1 fully saturated rings. The molecule has 0 radical (unpaired) electrons. The first-order chi connectivity index (χ1) is 14.0. The number of nitrogens with zero attached hydrogens (tertiary/aromatic N) is 1. The molecule has 0 aromatic heterocycles. The Morgan fingerprint density at radius 1 is 1.17 bits per heavy atom. The van der Waals surface area contributed by atoms with Crippen molar-refractivity contribution in [3.63, 3.8) is 0 Å². The predicted octanol–water partition coefficient (Wildman–Crippen LogP) is 1.94. The van der Waals surface area contributed by atoms with Crippen molar-refractivity contribution < 1.29 is 30.0 Å². The van der Waals surface area contributed by atoms with E-state index in [1.807, 2.05) is 12.1 Å². The van der Waals surface area contributed by atoms with Gasteiger partial charge in [-0.1, -0.05) is 49.2 Å². The Labute approximate surface area is 186 Å². The van der Waals surface area contributed by atoms with Crippen molar-refractivity contribution in [2.24, 2.45) is 11.8 Å². The Bertz CT molecular complexity index is 680. The molecule has 1 aromatic rings. The van der Waals surface area contributed by atoms with E-state index in [0.29, 0.717) is 16.0 Å². The molecule has 5 N–H and O–H groups in total. The lowest BCUT2D eigenvalue weighted by atomic mass is 10.1. The van der Waals surface area contributed by atoms with E-state index in [1.165, 1.54) is 6.42 Å². The molecule has 0 bridgehead atoms. The molecule has 8 nitrogen and oxygen atoms in total. The normalized spacial score (nSPS) is 18.1. The van der Waals surface area contributed by atoms with Crippen molar-refractivity contribution in [3.8, 4) is 0 Å². The number of aliphatic hydroxyl groups is 2. The van der Waals surface area contributed by atoms with Gasteiger partial charge in [0.25, 0.3) is 0 Å². The maximum absolute atomic E-state index is 9.77. The maximum Gasteiger partial charge on any atom is 0.335 e. The molecule has 1 aromatic carbocycles. The highest BCUT2D eigenvalue weighted by molar-refractivity contribution is 6.42. The molecule has 1 aliphatic heterocycles. The highest BCUT2D eigenvalue weighted by Gasteiger charge is 2.29. The van der Waals surface area contributed by atoms with Crippen LogP contribution in [-0.2, 0) is 16.1 Å². The van der Waals surface area contributed by atoms with Gasteiger partial charge in [0.15, 0.2) is 12.2 Å². The average Bonchev–Trinajstić information content (AvgIpc) is 3.17. The molecular weight excluding hydrogens is 435 g/mol. The minimum Gasteiger partial charge on any atom is -0.479 e. The number of aliphatic hydroxyl groups excluding tert-OH is 2. The topological polar surface area (TPSA) is 130 Å². The minimum absolute atomic E-state index is 0.649. The Hall–Kier alpha value is -1.42. The van der Waals surface area contributed by atoms with Gasteiger partial charge in [0.2, 0.25) is 0 Å². The summed E-state index contributed by atoms with van der Waals surface area (Å²) in [6.07, 6.45) is -3.26. The fraction of sp³-hybridized carbons (Fsp3) is 0.600. The average molecular weight is 465 g/mol. The number of halogens is 2. The van der Waals surface area contributed by atoms with E-state index < -0.39 is 24.1 Å². The van der Waals surface area contributed by atoms with E-state index in [-0.39, 0.29) is 0 Å². The quantitative estimate of drug-likeness (QED) is 0.374. The SMILES string of the molecule is CC(C)CN(Cc1cccc(Cl)c1Cl)C[C@H]1CCNC1.O=C(O)C(O)C(O)C(=O)O. The molecule has 1 heterocycles. The van der Waals surface area contributed by atoms with Crippen molar-refractivity contribution in [2.45, 2.75) is 39.0 Å². The van der Waals surface area contributed by atoms with Crippen LogP contribution in [0.15, 0.2) is 18.2 Å². The third-order valence-corrected chi connectivity index (χ3v) is 5.39. The summed E-state index contributed by atoms with van der Waals surface area (Å²) in [5, 5.41) is 37.3. The zero-order chi connectivity index (χ0) is 22.8.